The van der Waals surface area contributed by atoms with Crippen molar-refractivity contribution >= 4 is 5.97 Å². The smallest absolute Gasteiger partial charge is 0.314 e. The van der Waals surface area contributed by atoms with Crippen molar-refractivity contribution < 1.29 is 9.90 Å². The summed E-state index contributed by atoms with van der Waals surface area (Å²) in [5.74, 6) is -1.34. The predicted octanol–water partition coefficient (Wildman–Crippen LogP) is 1.18. The summed E-state index contributed by atoms with van der Waals surface area (Å²) in [5, 5.41) is 16.7. The van der Waals surface area contributed by atoms with Crippen molar-refractivity contribution in [1.29, 1.82) is 0 Å². The van der Waals surface area contributed by atoms with Crippen LogP contribution in [0, 0.1) is 0 Å². The zero-order valence-electron chi connectivity index (χ0n) is 9.19. The topological polar surface area (TPSA) is 76.0 Å². The summed E-state index contributed by atoms with van der Waals surface area (Å²) < 4.78 is 0. The van der Waals surface area contributed by atoms with Crippen molar-refractivity contribution in [2.45, 2.75) is 39.5 Å². The van der Waals surface area contributed by atoms with Crippen LogP contribution in [0.15, 0.2) is 0 Å². The van der Waals surface area contributed by atoms with Gasteiger partial charge in [-0.05, 0) is 19.8 Å². The van der Waals surface area contributed by atoms with Crippen molar-refractivity contribution in [3.05, 3.63) is 17.2 Å². The first-order chi connectivity index (χ1) is 7.10. The van der Waals surface area contributed by atoms with Gasteiger partial charge < -0.3 is 5.11 Å². The molecule has 0 fully saturated rings. The molecule has 15 heavy (non-hydrogen) atoms. The monoisotopic (exact) mass is 209 g/mol. The Morgan fingerprint density at radius 1 is 1.27 bits per heavy atom. The van der Waals surface area contributed by atoms with Gasteiger partial charge in [-0.3, -0.25) is 4.79 Å². The predicted molar refractivity (Wildman–Crippen MR) is 54.6 cm³/mol. The molecule has 1 aromatic rings. The molecule has 5 nitrogen and oxygen atoms in total. The maximum atomic E-state index is 10.7. The van der Waals surface area contributed by atoms with Crippen LogP contribution >= 0.6 is 0 Å². The Bertz CT molecular complexity index is 366. The summed E-state index contributed by atoms with van der Waals surface area (Å²) >= 11 is 0. The van der Waals surface area contributed by atoms with E-state index >= 15 is 0 Å². The van der Waals surface area contributed by atoms with Crippen molar-refractivity contribution in [2.24, 2.45) is 0 Å². The van der Waals surface area contributed by atoms with Crippen LogP contribution < -0.4 is 0 Å². The van der Waals surface area contributed by atoms with E-state index in [4.69, 9.17) is 5.11 Å². The van der Waals surface area contributed by atoms with Crippen LogP contribution in [0.2, 0.25) is 0 Å². The Hall–Kier alpha value is -1.52. The summed E-state index contributed by atoms with van der Waals surface area (Å²) in [6.07, 6.45) is 1.52. The molecule has 82 valence electrons. The number of rotatable bonds is 4. The number of nitrogens with zero attached hydrogens (tertiary/aromatic N) is 3. The van der Waals surface area contributed by atoms with Crippen molar-refractivity contribution in [2.75, 3.05) is 0 Å². The maximum Gasteiger partial charge on any atom is 0.314 e. The van der Waals surface area contributed by atoms with Gasteiger partial charge >= 0.3 is 5.97 Å². The van der Waals surface area contributed by atoms with Gasteiger partial charge in [0.2, 0.25) is 0 Å². The second-order valence-electron chi connectivity index (χ2n) is 3.33. The van der Waals surface area contributed by atoms with Gasteiger partial charge in [-0.1, -0.05) is 13.8 Å². The molecular formula is C10H15N3O2. The van der Waals surface area contributed by atoms with Gasteiger partial charge in [0, 0.05) is 0 Å². The number of carboxylic acid groups (broad SMARTS) is 1. The minimum atomic E-state index is -0.928. The summed E-state index contributed by atoms with van der Waals surface area (Å²) in [6, 6.07) is 0. The van der Waals surface area contributed by atoms with Crippen LogP contribution in [0.1, 0.15) is 43.9 Å². The number of aromatic nitrogens is 3. The zero-order valence-corrected chi connectivity index (χ0v) is 9.19. The van der Waals surface area contributed by atoms with Crippen LogP contribution in [0.3, 0.4) is 0 Å². The Morgan fingerprint density at radius 3 is 2.33 bits per heavy atom. The van der Waals surface area contributed by atoms with E-state index in [1.807, 2.05) is 13.8 Å². The number of carbonyl (C=O) groups is 1. The van der Waals surface area contributed by atoms with Gasteiger partial charge in [-0.25, -0.2) is 4.98 Å². The van der Waals surface area contributed by atoms with Crippen molar-refractivity contribution in [3.8, 4) is 0 Å². The molecule has 5 heteroatoms. The van der Waals surface area contributed by atoms with E-state index in [1.54, 1.807) is 6.92 Å². The molecule has 1 N–H and O–H groups in total. The molecule has 0 bridgehead atoms. The molecule has 0 aliphatic carbocycles. The Morgan fingerprint density at radius 2 is 1.87 bits per heavy atom. The highest BCUT2D eigenvalue weighted by Crippen LogP contribution is 2.12. The quantitative estimate of drug-likeness (QED) is 0.805. The minimum Gasteiger partial charge on any atom is -0.481 e. The van der Waals surface area contributed by atoms with Crippen LogP contribution in [0.4, 0.5) is 0 Å². The SMILES string of the molecule is CCc1nnc(C(C)C(=O)O)nc1CC. The Kier molecular flexibility index (Phi) is 3.71. The molecule has 0 amide bonds. The number of hydrogen-bond donors (Lipinski definition) is 1. The average molecular weight is 209 g/mol. The minimum absolute atomic E-state index is 0.288. The standard InChI is InChI=1S/C10H15N3O2/c1-4-7-8(5-2)12-13-9(11-7)6(3)10(14)15/h6H,4-5H2,1-3H3,(H,14,15). The van der Waals surface area contributed by atoms with Crippen LogP contribution in [-0.2, 0) is 17.6 Å². The van der Waals surface area contributed by atoms with Gasteiger partial charge in [0.1, 0.15) is 5.92 Å². The van der Waals surface area contributed by atoms with E-state index in [1.165, 1.54) is 0 Å². The highest BCUT2D eigenvalue weighted by atomic mass is 16.4. The fourth-order valence-corrected chi connectivity index (χ4v) is 1.25. The molecule has 1 rings (SSSR count). The molecule has 0 aliphatic rings. The van der Waals surface area contributed by atoms with Crippen LogP contribution in [-0.4, -0.2) is 26.3 Å². The second-order valence-corrected chi connectivity index (χ2v) is 3.33. The number of hydrogen-bond acceptors (Lipinski definition) is 4. The lowest BCUT2D eigenvalue weighted by molar-refractivity contribution is -0.138. The van der Waals surface area contributed by atoms with E-state index in [-0.39, 0.29) is 5.82 Å². The third-order valence-electron chi connectivity index (χ3n) is 2.28. The molecule has 0 spiro atoms. The summed E-state index contributed by atoms with van der Waals surface area (Å²) in [7, 11) is 0. The normalized spacial score (nSPS) is 12.5. The fourth-order valence-electron chi connectivity index (χ4n) is 1.25. The molecule has 1 atom stereocenters. The van der Waals surface area contributed by atoms with E-state index in [0.29, 0.717) is 0 Å². The number of carboxylic acids is 1. The Labute approximate surface area is 88.6 Å². The largest absolute Gasteiger partial charge is 0.481 e. The van der Waals surface area contributed by atoms with Crippen LogP contribution in [0.25, 0.3) is 0 Å². The van der Waals surface area contributed by atoms with Gasteiger partial charge in [-0.15, -0.1) is 5.10 Å². The van der Waals surface area contributed by atoms with Gasteiger partial charge in [0.15, 0.2) is 5.82 Å². The molecule has 0 saturated heterocycles. The lowest BCUT2D eigenvalue weighted by atomic mass is 10.1. The van der Waals surface area contributed by atoms with E-state index in [9.17, 15) is 4.79 Å². The first kappa shape index (κ1) is 11.6. The summed E-state index contributed by atoms with van der Waals surface area (Å²) in [5.41, 5.74) is 1.69. The van der Waals surface area contributed by atoms with Gasteiger partial charge in [0.05, 0.1) is 11.4 Å². The Balaban J connectivity index is 3.07. The van der Waals surface area contributed by atoms with E-state index in [2.05, 4.69) is 15.2 Å². The first-order valence-corrected chi connectivity index (χ1v) is 5.05. The first-order valence-electron chi connectivity index (χ1n) is 5.05. The van der Waals surface area contributed by atoms with Gasteiger partial charge in [0.25, 0.3) is 0 Å². The molecule has 1 heterocycles. The fraction of sp³-hybridized carbons (Fsp3) is 0.600. The highest BCUT2D eigenvalue weighted by Gasteiger charge is 2.18. The molecular weight excluding hydrogens is 194 g/mol. The lowest BCUT2D eigenvalue weighted by Gasteiger charge is -2.07. The van der Waals surface area contributed by atoms with Crippen molar-refractivity contribution in [1.82, 2.24) is 15.2 Å². The summed E-state index contributed by atoms with van der Waals surface area (Å²) in [6.45, 7) is 5.51. The highest BCUT2D eigenvalue weighted by molar-refractivity contribution is 5.74. The third-order valence-corrected chi connectivity index (χ3v) is 2.28. The number of aliphatic carboxylic acids is 1. The zero-order chi connectivity index (χ0) is 11.4. The van der Waals surface area contributed by atoms with Crippen molar-refractivity contribution in [3.63, 3.8) is 0 Å². The molecule has 0 saturated carbocycles. The average Bonchev–Trinajstić information content (AvgIpc) is 2.26. The van der Waals surface area contributed by atoms with Gasteiger partial charge in [-0.2, -0.15) is 5.10 Å². The molecule has 0 radical (unpaired) electrons. The summed E-state index contributed by atoms with van der Waals surface area (Å²) in [4.78, 5) is 15.0. The molecule has 0 aromatic carbocycles. The number of aryl methyl sites for hydroxylation is 2. The van der Waals surface area contributed by atoms with Crippen LogP contribution in [0.5, 0.6) is 0 Å². The second kappa shape index (κ2) is 4.82. The molecule has 0 aliphatic heterocycles. The molecule has 1 unspecified atom stereocenters. The molecule has 1 aromatic heterocycles. The lowest BCUT2D eigenvalue weighted by Crippen LogP contribution is -2.15. The maximum absolute atomic E-state index is 10.7. The van der Waals surface area contributed by atoms with E-state index in [0.717, 1.165) is 24.2 Å². The van der Waals surface area contributed by atoms with E-state index < -0.39 is 11.9 Å². The third kappa shape index (κ3) is 2.49.